The first-order valence-corrected chi connectivity index (χ1v) is 8.30. The minimum Gasteiger partial charge on any atom is -0.380 e. The van der Waals surface area contributed by atoms with Gasteiger partial charge in [0, 0.05) is 38.4 Å². The van der Waals surface area contributed by atoms with Gasteiger partial charge in [-0.25, -0.2) is 4.39 Å². The van der Waals surface area contributed by atoms with E-state index in [0.717, 1.165) is 18.8 Å². The maximum Gasteiger partial charge on any atom is 0.253 e. The quantitative estimate of drug-likeness (QED) is 0.847. The Morgan fingerprint density at radius 1 is 1.00 bits per heavy atom. The van der Waals surface area contributed by atoms with Crippen molar-refractivity contribution in [2.45, 2.75) is 13.8 Å². The van der Waals surface area contributed by atoms with E-state index in [4.69, 9.17) is 0 Å². The van der Waals surface area contributed by atoms with Gasteiger partial charge in [-0.15, -0.1) is 0 Å². The average molecular weight is 331 g/mol. The topological polar surface area (TPSA) is 52.6 Å². The largest absolute Gasteiger partial charge is 0.380 e. The first-order chi connectivity index (χ1) is 11.5. The Kier molecular flexibility index (Phi) is 4.55. The van der Waals surface area contributed by atoms with E-state index < -0.39 is 10.9 Å². The summed E-state index contributed by atoms with van der Waals surface area (Å²) in [5, 5.41) is 3.11. The van der Waals surface area contributed by atoms with E-state index in [1.165, 1.54) is 12.1 Å². The fourth-order valence-electron chi connectivity index (χ4n) is 2.99. The van der Waals surface area contributed by atoms with Crippen LogP contribution in [0, 0.1) is 11.7 Å². The zero-order valence-electron chi connectivity index (χ0n) is 14.0. The predicted molar refractivity (Wildman–Crippen MR) is 95.5 cm³/mol. The number of anilines is 3. The summed E-state index contributed by atoms with van der Waals surface area (Å²) in [4.78, 5) is 27.9. The molecule has 0 unspecified atom stereocenters. The molecule has 3 rings (SSSR count). The van der Waals surface area contributed by atoms with E-state index in [1.54, 1.807) is 12.1 Å². The van der Waals surface area contributed by atoms with Crippen molar-refractivity contribution in [3.05, 3.63) is 50.5 Å². The van der Waals surface area contributed by atoms with Gasteiger partial charge in [0.2, 0.25) is 0 Å². The van der Waals surface area contributed by atoms with Crippen molar-refractivity contribution in [1.82, 2.24) is 0 Å². The zero-order chi connectivity index (χ0) is 17.3. The molecule has 0 saturated carbocycles. The molecule has 0 aromatic heterocycles. The Morgan fingerprint density at radius 3 is 2.17 bits per heavy atom. The lowest BCUT2D eigenvalue weighted by Gasteiger charge is -2.38. The molecule has 2 aromatic carbocycles. The summed E-state index contributed by atoms with van der Waals surface area (Å²) in [6.07, 6.45) is 0. The second kappa shape index (κ2) is 6.63. The molecule has 1 N–H and O–H groups in total. The van der Waals surface area contributed by atoms with E-state index in [-0.39, 0.29) is 5.82 Å². The molecule has 0 aliphatic carbocycles. The minimum absolute atomic E-state index is 0.248. The van der Waals surface area contributed by atoms with E-state index in [1.807, 2.05) is 4.90 Å². The van der Waals surface area contributed by atoms with Gasteiger partial charge in [0.25, 0.3) is 10.9 Å². The second-order valence-electron chi connectivity index (χ2n) is 6.61. The van der Waals surface area contributed by atoms with Crippen molar-refractivity contribution in [2.24, 2.45) is 5.92 Å². The number of rotatable bonds is 5. The fraction of sp³-hybridized carbons (Fsp3) is 0.444. The lowest BCUT2D eigenvalue weighted by atomic mass is 10.1. The standard InChI is InChI=1S/C18H22FN3O2/c1-12(2)11-20-15-16(18(24)17(15)23)22-9-7-21(8-10-22)14-5-3-13(19)4-6-14/h3-6,12,20H,7-11H2,1-2H3. The van der Waals surface area contributed by atoms with E-state index >= 15 is 0 Å². The van der Waals surface area contributed by atoms with Crippen LogP contribution in [0.4, 0.5) is 21.5 Å². The maximum atomic E-state index is 13.0. The Morgan fingerprint density at radius 2 is 1.58 bits per heavy atom. The van der Waals surface area contributed by atoms with Crippen LogP contribution in [-0.4, -0.2) is 32.7 Å². The van der Waals surface area contributed by atoms with Crippen LogP contribution in [0.15, 0.2) is 33.9 Å². The summed E-state index contributed by atoms with van der Waals surface area (Å²) in [7, 11) is 0. The van der Waals surface area contributed by atoms with Gasteiger partial charge in [-0.1, -0.05) is 13.8 Å². The van der Waals surface area contributed by atoms with Crippen LogP contribution in [-0.2, 0) is 0 Å². The van der Waals surface area contributed by atoms with Crippen LogP contribution in [0.2, 0.25) is 0 Å². The van der Waals surface area contributed by atoms with E-state index in [2.05, 4.69) is 24.1 Å². The number of piperazine rings is 1. The zero-order valence-corrected chi connectivity index (χ0v) is 14.0. The highest BCUT2D eigenvalue weighted by molar-refractivity contribution is 5.75. The summed E-state index contributed by atoms with van der Waals surface area (Å²) in [6.45, 7) is 7.58. The number of halogens is 1. The van der Waals surface area contributed by atoms with Crippen molar-refractivity contribution in [2.75, 3.05) is 47.8 Å². The molecule has 128 valence electrons. The SMILES string of the molecule is CC(C)CNc1c(N2CCN(c3ccc(F)cc3)CC2)c(=O)c1=O. The summed E-state index contributed by atoms with van der Waals surface area (Å²) in [5.74, 6) is 0.152. The van der Waals surface area contributed by atoms with Crippen molar-refractivity contribution in [3.63, 3.8) is 0 Å². The molecular formula is C18H22FN3O2. The van der Waals surface area contributed by atoms with Gasteiger partial charge in [0.05, 0.1) is 0 Å². The number of benzene rings is 1. The smallest absolute Gasteiger partial charge is 0.253 e. The van der Waals surface area contributed by atoms with Crippen LogP contribution in [0.5, 0.6) is 0 Å². The minimum atomic E-state index is -0.411. The molecule has 1 aliphatic heterocycles. The van der Waals surface area contributed by atoms with Gasteiger partial charge in [-0.3, -0.25) is 9.59 Å². The molecule has 1 saturated heterocycles. The van der Waals surface area contributed by atoms with Gasteiger partial charge in [-0.05, 0) is 30.2 Å². The van der Waals surface area contributed by atoms with Gasteiger partial charge < -0.3 is 15.1 Å². The highest BCUT2D eigenvalue weighted by atomic mass is 19.1. The molecule has 0 bridgehead atoms. The molecule has 5 nitrogen and oxygen atoms in total. The number of nitrogens with zero attached hydrogens (tertiary/aromatic N) is 2. The summed E-state index contributed by atoms with van der Waals surface area (Å²) >= 11 is 0. The summed E-state index contributed by atoms with van der Waals surface area (Å²) < 4.78 is 13.0. The Labute approximate surface area is 140 Å². The van der Waals surface area contributed by atoms with Gasteiger partial charge in [-0.2, -0.15) is 0 Å². The molecule has 1 heterocycles. The molecule has 1 fully saturated rings. The Bertz CT molecular complexity index is 771. The van der Waals surface area contributed by atoms with Crippen LogP contribution in [0.25, 0.3) is 0 Å². The lowest BCUT2D eigenvalue weighted by Crippen LogP contribution is -2.51. The molecule has 24 heavy (non-hydrogen) atoms. The monoisotopic (exact) mass is 331 g/mol. The number of hydrogen-bond donors (Lipinski definition) is 1. The van der Waals surface area contributed by atoms with E-state index in [9.17, 15) is 14.0 Å². The van der Waals surface area contributed by atoms with Gasteiger partial charge in [0.15, 0.2) is 0 Å². The first-order valence-electron chi connectivity index (χ1n) is 8.30. The summed E-state index contributed by atoms with van der Waals surface area (Å²) in [5.41, 5.74) is 1.16. The van der Waals surface area contributed by atoms with Crippen LogP contribution < -0.4 is 26.0 Å². The molecule has 0 radical (unpaired) electrons. The van der Waals surface area contributed by atoms with Crippen LogP contribution in [0.3, 0.4) is 0 Å². The van der Waals surface area contributed by atoms with Crippen molar-refractivity contribution in [1.29, 1.82) is 0 Å². The fourth-order valence-corrected chi connectivity index (χ4v) is 2.99. The molecule has 2 aromatic rings. The molecule has 0 amide bonds. The van der Waals surface area contributed by atoms with Gasteiger partial charge >= 0.3 is 0 Å². The molecular weight excluding hydrogens is 309 g/mol. The first kappa shape index (κ1) is 16.5. The predicted octanol–water partition coefficient (Wildman–Crippen LogP) is 1.82. The highest BCUT2D eigenvalue weighted by Crippen LogP contribution is 2.24. The maximum absolute atomic E-state index is 13.0. The lowest BCUT2D eigenvalue weighted by molar-refractivity contribution is 0.624. The highest BCUT2D eigenvalue weighted by Gasteiger charge is 2.28. The molecule has 0 atom stereocenters. The normalized spacial score (nSPS) is 15.3. The third-order valence-electron chi connectivity index (χ3n) is 4.36. The Hall–Kier alpha value is -2.37. The summed E-state index contributed by atoms with van der Waals surface area (Å²) in [6, 6.07) is 6.43. The Balaban J connectivity index is 1.67. The third-order valence-corrected chi connectivity index (χ3v) is 4.36. The second-order valence-corrected chi connectivity index (χ2v) is 6.61. The van der Waals surface area contributed by atoms with E-state index in [0.29, 0.717) is 36.9 Å². The average Bonchev–Trinajstić information content (AvgIpc) is 2.58. The molecule has 0 spiro atoms. The molecule has 1 aliphatic rings. The van der Waals surface area contributed by atoms with Crippen LogP contribution in [0.1, 0.15) is 13.8 Å². The van der Waals surface area contributed by atoms with Gasteiger partial charge in [0.1, 0.15) is 17.2 Å². The number of hydrogen-bond acceptors (Lipinski definition) is 5. The van der Waals surface area contributed by atoms with Crippen LogP contribution >= 0.6 is 0 Å². The van der Waals surface area contributed by atoms with Crippen molar-refractivity contribution < 1.29 is 4.39 Å². The van der Waals surface area contributed by atoms with Crippen molar-refractivity contribution in [3.8, 4) is 0 Å². The number of nitrogens with one attached hydrogen (secondary N) is 1. The molecule has 6 heteroatoms. The van der Waals surface area contributed by atoms with Crippen molar-refractivity contribution >= 4 is 17.1 Å². The third kappa shape index (κ3) is 3.13.